The molecule has 0 saturated heterocycles. The summed E-state index contributed by atoms with van der Waals surface area (Å²) in [5.41, 5.74) is 0. The second-order valence-electron chi connectivity index (χ2n) is 3.57. The number of primary sulfonamides is 1. The van der Waals surface area contributed by atoms with Crippen molar-refractivity contribution in [1.29, 1.82) is 0 Å². The van der Waals surface area contributed by atoms with E-state index in [2.05, 4.69) is 15.9 Å². The number of nitrogens with zero attached hydrogens (tertiary/aromatic N) is 1. The lowest BCUT2D eigenvalue weighted by Gasteiger charge is -2.17. The molecule has 1 aromatic rings. The number of hydrogen-bond acceptors (Lipinski definition) is 4. The van der Waals surface area contributed by atoms with E-state index >= 15 is 0 Å². The predicted octanol–water partition coefficient (Wildman–Crippen LogP) is 1.32. The van der Waals surface area contributed by atoms with Crippen LogP contribution in [0.4, 0.5) is 13.2 Å². The summed E-state index contributed by atoms with van der Waals surface area (Å²) in [6, 6.07) is 0.759. The number of nitrogens with two attached hydrogens (primary N) is 1. The van der Waals surface area contributed by atoms with Gasteiger partial charge in [-0.15, -0.1) is 0 Å². The van der Waals surface area contributed by atoms with Gasteiger partial charge in [0, 0.05) is 13.1 Å². The monoisotopic (exact) mass is 364 g/mol. The largest absolute Gasteiger partial charge is 0.443 e. The molecule has 0 fully saturated rings. The minimum absolute atomic E-state index is 0.345. The number of furan rings is 1. The summed E-state index contributed by atoms with van der Waals surface area (Å²) < 4.78 is 62.9. The van der Waals surface area contributed by atoms with Crippen molar-refractivity contribution >= 4 is 31.9 Å². The topological polar surface area (TPSA) is 93.6 Å². The fraction of sp³-hybridized carbons (Fsp3) is 0.375. The van der Waals surface area contributed by atoms with Gasteiger partial charge in [0.25, 0.3) is 5.91 Å². The molecule has 11 heteroatoms. The number of carbonyl (C=O) groups is 1. The van der Waals surface area contributed by atoms with E-state index in [9.17, 15) is 26.4 Å². The lowest BCUT2D eigenvalue weighted by molar-refractivity contribution is -0.138. The van der Waals surface area contributed by atoms with Crippen molar-refractivity contribution in [2.45, 2.75) is 11.1 Å². The second-order valence-corrected chi connectivity index (χ2v) is 5.82. The molecule has 1 rings (SSSR count). The molecule has 0 bridgehead atoms. The molecule has 1 amide bonds. The van der Waals surface area contributed by atoms with Crippen molar-refractivity contribution in [3.63, 3.8) is 0 Å². The van der Waals surface area contributed by atoms with Gasteiger partial charge in [-0.05, 0) is 15.9 Å². The Morgan fingerprint density at radius 3 is 2.42 bits per heavy atom. The van der Waals surface area contributed by atoms with E-state index in [0.29, 0.717) is 4.90 Å². The molecule has 0 radical (unpaired) electrons. The van der Waals surface area contributed by atoms with E-state index < -0.39 is 39.3 Å². The SMILES string of the molecule is CN(CC(F)(F)F)C(=O)c1cc(S(N)(=O)=O)c(Br)o1. The van der Waals surface area contributed by atoms with Gasteiger partial charge < -0.3 is 9.32 Å². The summed E-state index contributed by atoms with van der Waals surface area (Å²) >= 11 is 2.71. The molecule has 6 nitrogen and oxygen atoms in total. The van der Waals surface area contributed by atoms with Crippen LogP contribution in [0.2, 0.25) is 0 Å². The zero-order valence-electron chi connectivity index (χ0n) is 9.36. The van der Waals surface area contributed by atoms with Crippen molar-refractivity contribution in [3.8, 4) is 0 Å². The molecule has 0 aromatic carbocycles. The van der Waals surface area contributed by atoms with Crippen LogP contribution in [0.15, 0.2) is 20.0 Å². The van der Waals surface area contributed by atoms with E-state index in [-0.39, 0.29) is 4.67 Å². The Balaban J connectivity index is 3.03. The molecular weight excluding hydrogens is 357 g/mol. The van der Waals surface area contributed by atoms with Gasteiger partial charge in [-0.2, -0.15) is 13.2 Å². The number of amides is 1. The van der Waals surface area contributed by atoms with Crippen molar-refractivity contribution in [2.75, 3.05) is 13.6 Å². The lowest BCUT2D eigenvalue weighted by Crippen LogP contribution is -2.35. The Hall–Kier alpha value is -1.07. The van der Waals surface area contributed by atoms with Gasteiger partial charge in [-0.25, -0.2) is 13.6 Å². The Labute approximate surface area is 114 Å². The molecule has 19 heavy (non-hydrogen) atoms. The average molecular weight is 365 g/mol. The number of carbonyl (C=O) groups excluding carboxylic acids is 1. The number of alkyl halides is 3. The number of rotatable bonds is 3. The fourth-order valence-electron chi connectivity index (χ4n) is 1.18. The smallest absolute Gasteiger partial charge is 0.406 e. The van der Waals surface area contributed by atoms with Crippen molar-refractivity contribution in [2.24, 2.45) is 5.14 Å². The van der Waals surface area contributed by atoms with E-state index in [1.807, 2.05) is 0 Å². The van der Waals surface area contributed by atoms with E-state index in [1.165, 1.54) is 0 Å². The summed E-state index contributed by atoms with van der Waals surface area (Å²) in [4.78, 5) is 11.4. The van der Waals surface area contributed by atoms with Crippen molar-refractivity contribution in [3.05, 3.63) is 16.5 Å². The average Bonchev–Trinajstić information content (AvgIpc) is 2.55. The van der Waals surface area contributed by atoms with Crippen LogP contribution in [0.25, 0.3) is 0 Å². The molecule has 0 aliphatic carbocycles. The first-order valence-corrected chi connectivity index (χ1v) is 6.90. The van der Waals surface area contributed by atoms with Gasteiger partial charge in [-0.3, -0.25) is 4.79 Å². The van der Waals surface area contributed by atoms with Gasteiger partial charge in [0.05, 0.1) is 0 Å². The number of halogens is 4. The summed E-state index contributed by atoms with van der Waals surface area (Å²) in [6.45, 7) is -1.49. The van der Waals surface area contributed by atoms with Crippen LogP contribution in [0, 0.1) is 0 Å². The van der Waals surface area contributed by atoms with E-state index in [1.54, 1.807) is 0 Å². The maximum atomic E-state index is 12.1. The fourth-order valence-corrected chi connectivity index (χ4v) is 2.68. The second kappa shape index (κ2) is 5.13. The zero-order chi connectivity index (χ0) is 15.0. The standard InChI is InChI=1S/C8H8BrF3N2O4S/c1-14(3-8(10,11)12)7(15)4-2-5(6(9)18-4)19(13,16)17/h2H,3H2,1H3,(H2,13,16,17). The molecule has 0 aliphatic rings. The first kappa shape index (κ1) is 16.0. The van der Waals surface area contributed by atoms with Crippen LogP contribution in [0.5, 0.6) is 0 Å². The van der Waals surface area contributed by atoms with Crippen molar-refractivity contribution in [1.82, 2.24) is 4.90 Å². The van der Waals surface area contributed by atoms with Crippen LogP contribution in [-0.4, -0.2) is 39.0 Å². The Morgan fingerprint density at radius 1 is 1.53 bits per heavy atom. The summed E-state index contributed by atoms with van der Waals surface area (Å²) in [7, 11) is -3.23. The first-order chi connectivity index (χ1) is 8.42. The molecule has 0 atom stereocenters. The van der Waals surface area contributed by atoms with Crippen LogP contribution in [-0.2, 0) is 10.0 Å². The Bertz CT molecular complexity index is 596. The highest BCUT2D eigenvalue weighted by atomic mass is 79.9. The molecule has 2 N–H and O–H groups in total. The third kappa shape index (κ3) is 4.21. The minimum Gasteiger partial charge on any atom is -0.443 e. The lowest BCUT2D eigenvalue weighted by atomic mass is 10.4. The predicted molar refractivity (Wildman–Crippen MR) is 60.8 cm³/mol. The van der Waals surface area contributed by atoms with Gasteiger partial charge in [0.15, 0.2) is 10.4 Å². The molecule has 1 heterocycles. The summed E-state index contributed by atoms with van der Waals surface area (Å²) in [5, 5.41) is 4.83. The van der Waals surface area contributed by atoms with Gasteiger partial charge >= 0.3 is 6.18 Å². The van der Waals surface area contributed by atoms with Gasteiger partial charge in [0.1, 0.15) is 11.4 Å². The van der Waals surface area contributed by atoms with Gasteiger partial charge in [-0.1, -0.05) is 0 Å². The van der Waals surface area contributed by atoms with Crippen LogP contribution < -0.4 is 5.14 Å². The Kier molecular flexibility index (Phi) is 4.32. The van der Waals surface area contributed by atoms with Crippen LogP contribution >= 0.6 is 15.9 Å². The Morgan fingerprint density at radius 2 is 2.05 bits per heavy atom. The highest BCUT2D eigenvalue weighted by Gasteiger charge is 2.33. The normalized spacial score (nSPS) is 12.5. The number of sulfonamides is 1. The molecule has 0 saturated carbocycles. The zero-order valence-corrected chi connectivity index (χ0v) is 11.8. The maximum Gasteiger partial charge on any atom is 0.406 e. The molecule has 1 aromatic heterocycles. The van der Waals surface area contributed by atoms with E-state index in [0.717, 1.165) is 13.1 Å². The molecule has 0 unspecified atom stereocenters. The van der Waals surface area contributed by atoms with Crippen LogP contribution in [0.1, 0.15) is 10.6 Å². The highest BCUT2D eigenvalue weighted by molar-refractivity contribution is 9.10. The first-order valence-electron chi connectivity index (χ1n) is 4.56. The van der Waals surface area contributed by atoms with Crippen molar-refractivity contribution < 1.29 is 30.8 Å². The highest BCUT2D eigenvalue weighted by Crippen LogP contribution is 2.26. The maximum absolute atomic E-state index is 12.1. The van der Waals surface area contributed by atoms with E-state index in [4.69, 9.17) is 9.56 Å². The van der Waals surface area contributed by atoms with Crippen LogP contribution in [0.3, 0.4) is 0 Å². The number of hydrogen-bond donors (Lipinski definition) is 1. The van der Waals surface area contributed by atoms with Gasteiger partial charge in [0.2, 0.25) is 10.0 Å². The minimum atomic E-state index is -4.57. The third-order valence-corrected chi connectivity index (χ3v) is 3.70. The molecule has 0 spiro atoms. The quantitative estimate of drug-likeness (QED) is 0.875. The molecule has 108 valence electrons. The summed E-state index contributed by atoms with van der Waals surface area (Å²) in [5.74, 6) is -1.68. The molecular formula is C8H8BrF3N2O4S. The summed E-state index contributed by atoms with van der Waals surface area (Å²) in [6.07, 6.45) is -4.57. The molecule has 0 aliphatic heterocycles. The third-order valence-electron chi connectivity index (χ3n) is 1.94.